The van der Waals surface area contributed by atoms with Crippen molar-refractivity contribution in [2.45, 2.75) is 32.5 Å². The van der Waals surface area contributed by atoms with Gasteiger partial charge in [-0.2, -0.15) is 13.2 Å². The number of anilines is 1. The summed E-state index contributed by atoms with van der Waals surface area (Å²) in [5.74, 6) is 1.29. The minimum Gasteiger partial charge on any atom is -0.354 e. The van der Waals surface area contributed by atoms with Crippen LogP contribution in [0.5, 0.6) is 0 Å². The summed E-state index contributed by atoms with van der Waals surface area (Å²) in [7, 11) is 0. The monoisotopic (exact) mass is 311 g/mol. The highest BCUT2D eigenvalue weighted by Crippen LogP contribution is 2.30. The predicted molar refractivity (Wildman–Crippen MR) is 74.3 cm³/mol. The van der Waals surface area contributed by atoms with E-state index in [-0.39, 0.29) is 5.92 Å². The van der Waals surface area contributed by atoms with Crippen molar-refractivity contribution >= 4 is 5.95 Å². The minimum absolute atomic E-state index is 0.229. The molecule has 1 aliphatic rings. The maximum atomic E-state index is 12.7. The van der Waals surface area contributed by atoms with Gasteiger partial charge in [0.15, 0.2) is 5.69 Å². The van der Waals surface area contributed by atoms with Gasteiger partial charge in [-0.1, -0.05) is 0 Å². The molecule has 0 spiro atoms. The zero-order chi connectivity index (χ0) is 15.7. The van der Waals surface area contributed by atoms with E-state index < -0.39 is 11.9 Å². The van der Waals surface area contributed by atoms with Crippen molar-refractivity contribution < 1.29 is 13.2 Å². The summed E-state index contributed by atoms with van der Waals surface area (Å²) in [6.07, 6.45) is -0.252. The van der Waals surface area contributed by atoms with E-state index in [4.69, 9.17) is 0 Å². The van der Waals surface area contributed by atoms with Gasteiger partial charge in [0, 0.05) is 37.6 Å². The maximum absolute atomic E-state index is 12.7. The summed E-state index contributed by atoms with van der Waals surface area (Å²) < 4.78 is 39.6. The molecule has 0 radical (unpaired) electrons. The quantitative estimate of drug-likeness (QED) is 0.947. The van der Waals surface area contributed by atoms with Crippen molar-refractivity contribution in [1.82, 2.24) is 19.5 Å². The van der Waals surface area contributed by atoms with Gasteiger partial charge >= 0.3 is 6.18 Å². The van der Waals surface area contributed by atoms with Crippen molar-refractivity contribution in [1.29, 1.82) is 0 Å². The molecule has 2 aromatic heterocycles. The van der Waals surface area contributed by atoms with Gasteiger partial charge in [-0.3, -0.25) is 0 Å². The molecule has 2 aromatic rings. The Morgan fingerprint density at radius 1 is 1.36 bits per heavy atom. The van der Waals surface area contributed by atoms with Crippen LogP contribution in [0.15, 0.2) is 18.5 Å². The number of hydrogen-bond donors (Lipinski definition) is 1. The molecule has 0 saturated carbocycles. The van der Waals surface area contributed by atoms with E-state index in [1.54, 1.807) is 10.8 Å². The van der Waals surface area contributed by atoms with E-state index >= 15 is 0 Å². The second-order valence-corrected chi connectivity index (χ2v) is 5.50. The van der Waals surface area contributed by atoms with Crippen LogP contribution >= 0.6 is 0 Å². The predicted octanol–water partition coefficient (Wildman–Crippen LogP) is 2.67. The van der Waals surface area contributed by atoms with Gasteiger partial charge in [-0.05, 0) is 25.3 Å². The highest BCUT2D eigenvalue weighted by atomic mass is 19.4. The Morgan fingerprint density at radius 3 is 2.91 bits per heavy atom. The molecule has 1 atom stereocenters. The second kappa shape index (κ2) is 5.58. The maximum Gasteiger partial charge on any atom is 0.434 e. The number of fused-ring (bicyclic) bond motifs is 1. The van der Waals surface area contributed by atoms with Crippen LogP contribution < -0.4 is 5.32 Å². The molecule has 0 amide bonds. The number of nitrogens with one attached hydrogen (secondary N) is 1. The standard InChI is InChI=1S/C14H16F3N5/c1-9-4-5-18-13(20-9)19-6-10-2-3-12-21-11(14(15,16)17)8-22(12)7-10/h4-5,8,10H,2-3,6-7H2,1H3,(H,18,19,20). The van der Waals surface area contributed by atoms with E-state index in [9.17, 15) is 13.2 Å². The average Bonchev–Trinajstić information content (AvgIpc) is 2.88. The summed E-state index contributed by atoms with van der Waals surface area (Å²) >= 11 is 0. The fourth-order valence-electron chi connectivity index (χ4n) is 2.59. The fraction of sp³-hybridized carbons (Fsp3) is 0.500. The number of rotatable bonds is 3. The Hall–Kier alpha value is -2.12. The Labute approximate surface area is 125 Å². The normalized spacial score (nSPS) is 18.1. The number of halogens is 3. The molecular weight excluding hydrogens is 295 g/mol. The van der Waals surface area contributed by atoms with Gasteiger partial charge in [-0.25, -0.2) is 15.0 Å². The molecule has 22 heavy (non-hydrogen) atoms. The molecule has 0 aliphatic carbocycles. The average molecular weight is 311 g/mol. The lowest BCUT2D eigenvalue weighted by Crippen LogP contribution is -2.26. The minimum atomic E-state index is -4.38. The molecule has 3 heterocycles. The molecule has 1 N–H and O–H groups in total. The van der Waals surface area contributed by atoms with Gasteiger partial charge in [0.05, 0.1) is 0 Å². The van der Waals surface area contributed by atoms with Crippen LogP contribution in [-0.4, -0.2) is 26.1 Å². The number of aryl methyl sites for hydroxylation is 2. The van der Waals surface area contributed by atoms with Gasteiger partial charge in [0.2, 0.25) is 5.95 Å². The van der Waals surface area contributed by atoms with Crippen molar-refractivity contribution in [3.05, 3.63) is 35.7 Å². The van der Waals surface area contributed by atoms with Crippen LogP contribution in [0.25, 0.3) is 0 Å². The number of nitrogens with zero attached hydrogens (tertiary/aromatic N) is 4. The molecule has 3 rings (SSSR count). The summed E-state index contributed by atoms with van der Waals surface area (Å²) in [4.78, 5) is 12.0. The van der Waals surface area contributed by atoms with Crippen LogP contribution in [0.2, 0.25) is 0 Å². The molecule has 0 fully saturated rings. The van der Waals surface area contributed by atoms with Crippen LogP contribution in [0.3, 0.4) is 0 Å². The summed E-state index contributed by atoms with van der Waals surface area (Å²) in [5.41, 5.74) is 0.0611. The van der Waals surface area contributed by atoms with Crippen LogP contribution in [0.1, 0.15) is 23.6 Å². The van der Waals surface area contributed by atoms with Crippen LogP contribution in [0.4, 0.5) is 19.1 Å². The van der Waals surface area contributed by atoms with Gasteiger partial charge in [-0.15, -0.1) is 0 Å². The molecule has 1 aliphatic heterocycles. The lowest BCUT2D eigenvalue weighted by molar-refractivity contribution is -0.141. The summed E-state index contributed by atoms with van der Waals surface area (Å²) in [6, 6.07) is 1.81. The van der Waals surface area contributed by atoms with E-state index in [0.717, 1.165) is 18.3 Å². The zero-order valence-corrected chi connectivity index (χ0v) is 12.1. The van der Waals surface area contributed by atoms with Crippen molar-refractivity contribution in [2.24, 2.45) is 5.92 Å². The zero-order valence-electron chi connectivity index (χ0n) is 12.1. The van der Waals surface area contributed by atoms with Gasteiger partial charge < -0.3 is 9.88 Å². The van der Waals surface area contributed by atoms with E-state index in [0.29, 0.717) is 31.3 Å². The first kappa shape index (κ1) is 14.8. The molecular formula is C14H16F3N5. The van der Waals surface area contributed by atoms with E-state index in [1.165, 1.54) is 0 Å². The number of aromatic nitrogens is 4. The topological polar surface area (TPSA) is 55.6 Å². The highest BCUT2D eigenvalue weighted by molar-refractivity contribution is 5.24. The Balaban J connectivity index is 1.63. The Kier molecular flexibility index (Phi) is 3.76. The van der Waals surface area contributed by atoms with Crippen molar-refractivity contribution in [2.75, 3.05) is 11.9 Å². The molecule has 118 valence electrons. The van der Waals surface area contributed by atoms with Crippen molar-refractivity contribution in [3.8, 4) is 0 Å². The fourth-order valence-corrected chi connectivity index (χ4v) is 2.59. The SMILES string of the molecule is Cc1ccnc(NCC2CCc3nc(C(F)(F)F)cn3C2)n1. The second-order valence-electron chi connectivity index (χ2n) is 5.50. The number of imidazole rings is 1. The number of hydrogen-bond acceptors (Lipinski definition) is 4. The first-order valence-electron chi connectivity index (χ1n) is 7.08. The van der Waals surface area contributed by atoms with Crippen LogP contribution in [0, 0.1) is 12.8 Å². The lowest BCUT2D eigenvalue weighted by atomic mass is 9.99. The molecule has 0 aromatic carbocycles. The van der Waals surface area contributed by atoms with E-state index in [1.807, 2.05) is 13.0 Å². The van der Waals surface area contributed by atoms with Gasteiger partial charge in [0.25, 0.3) is 0 Å². The molecule has 1 unspecified atom stereocenters. The Morgan fingerprint density at radius 2 is 2.18 bits per heavy atom. The molecule has 5 nitrogen and oxygen atoms in total. The summed E-state index contributed by atoms with van der Waals surface area (Å²) in [6.45, 7) is 3.03. The molecule has 0 bridgehead atoms. The third-order valence-electron chi connectivity index (χ3n) is 3.72. The van der Waals surface area contributed by atoms with Crippen molar-refractivity contribution in [3.63, 3.8) is 0 Å². The third-order valence-corrected chi connectivity index (χ3v) is 3.72. The first-order valence-corrected chi connectivity index (χ1v) is 7.08. The highest BCUT2D eigenvalue weighted by Gasteiger charge is 2.35. The Bertz CT molecular complexity index is 665. The van der Waals surface area contributed by atoms with E-state index in [2.05, 4.69) is 20.3 Å². The molecule has 0 saturated heterocycles. The summed E-state index contributed by atoms with van der Waals surface area (Å²) in [5, 5.41) is 3.14. The largest absolute Gasteiger partial charge is 0.434 e. The lowest BCUT2D eigenvalue weighted by Gasteiger charge is -2.23. The first-order chi connectivity index (χ1) is 10.4. The van der Waals surface area contributed by atoms with Gasteiger partial charge in [0.1, 0.15) is 5.82 Å². The van der Waals surface area contributed by atoms with Crippen LogP contribution in [-0.2, 0) is 19.1 Å². The third kappa shape index (κ3) is 3.20. The molecule has 8 heteroatoms. The smallest absolute Gasteiger partial charge is 0.354 e. The number of alkyl halides is 3.